The van der Waals surface area contributed by atoms with Crippen LogP contribution in [0.3, 0.4) is 0 Å². The molecule has 0 spiro atoms. The number of hydrogen-bond acceptors (Lipinski definition) is 4. The standard InChI is InChI=1S/C13H13ClN4S/c1-6-13(14)7(2)18(17-6)11-5-10-12(4-9(11)15)19-8(3)16-10/h4-5H,15H2,1-3H3. The Morgan fingerprint density at radius 2 is 2.00 bits per heavy atom. The summed E-state index contributed by atoms with van der Waals surface area (Å²) in [5, 5.41) is 6.14. The molecule has 0 aliphatic carbocycles. The Labute approximate surface area is 119 Å². The molecule has 0 fully saturated rings. The van der Waals surface area contributed by atoms with E-state index in [2.05, 4.69) is 10.1 Å². The second-order valence-electron chi connectivity index (χ2n) is 4.51. The van der Waals surface area contributed by atoms with Crippen LogP contribution in [0.15, 0.2) is 12.1 Å². The number of aryl methyl sites for hydroxylation is 2. The van der Waals surface area contributed by atoms with Crippen LogP contribution in [0.4, 0.5) is 5.69 Å². The van der Waals surface area contributed by atoms with Gasteiger partial charge in [-0.1, -0.05) is 11.6 Å². The Morgan fingerprint density at radius 3 is 2.63 bits per heavy atom. The molecular weight excluding hydrogens is 280 g/mol. The van der Waals surface area contributed by atoms with Crippen molar-refractivity contribution < 1.29 is 0 Å². The van der Waals surface area contributed by atoms with Gasteiger partial charge in [0.1, 0.15) is 0 Å². The normalized spacial score (nSPS) is 11.4. The lowest BCUT2D eigenvalue weighted by Crippen LogP contribution is -2.03. The second kappa shape index (κ2) is 4.21. The number of nitrogens with two attached hydrogens (primary N) is 1. The summed E-state index contributed by atoms with van der Waals surface area (Å²) in [6.07, 6.45) is 0. The van der Waals surface area contributed by atoms with E-state index in [-0.39, 0.29) is 0 Å². The van der Waals surface area contributed by atoms with Crippen molar-refractivity contribution in [1.82, 2.24) is 14.8 Å². The van der Waals surface area contributed by atoms with Crippen LogP contribution in [0.5, 0.6) is 0 Å². The average molecular weight is 293 g/mol. The first kappa shape index (κ1) is 12.4. The van der Waals surface area contributed by atoms with Crippen LogP contribution >= 0.6 is 22.9 Å². The minimum Gasteiger partial charge on any atom is -0.397 e. The molecule has 0 aliphatic rings. The van der Waals surface area contributed by atoms with Gasteiger partial charge in [0.15, 0.2) is 0 Å². The predicted molar refractivity (Wildman–Crippen MR) is 80.4 cm³/mol. The molecule has 0 aliphatic heterocycles. The van der Waals surface area contributed by atoms with Crippen LogP contribution in [0.2, 0.25) is 5.02 Å². The summed E-state index contributed by atoms with van der Waals surface area (Å²) in [6.45, 7) is 5.80. The molecule has 3 rings (SSSR count). The number of aromatic nitrogens is 3. The fraction of sp³-hybridized carbons (Fsp3) is 0.231. The fourth-order valence-electron chi connectivity index (χ4n) is 2.14. The summed E-state index contributed by atoms with van der Waals surface area (Å²) >= 11 is 7.82. The van der Waals surface area contributed by atoms with Gasteiger partial charge in [0.25, 0.3) is 0 Å². The van der Waals surface area contributed by atoms with Crippen molar-refractivity contribution in [2.45, 2.75) is 20.8 Å². The van der Waals surface area contributed by atoms with Gasteiger partial charge in [-0.05, 0) is 32.9 Å². The molecule has 0 atom stereocenters. The Kier molecular flexibility index (Phi) is 2.76. The zero-order valence-electron chi connectivity index (χ0n) is 10.9. The maximum atomic E-state index is 6.19. The number of benzene rings is 1. The smallest absolute Gasteiger partial charge is 0.0907 e. The molecule has 0 bridgehead atoms. The van der Waals surface area contributed by atoms with Crippen molar-refractivity contribution in [2.24, 2.45) is 0 Å². The van der Waals surface area contributed by atoms with Gasteiger partial charge < -0.3 is 5.73 Å². The van der Waals surface area contributed by atoms with E-state index in [1.807, 2.05) is 32.9 Å². The minimum absolute atomic E-state index is 0.675. The first-order valence-electron chi connectivity index (χ1n) is 5.86. The third-order valence-corrected chi connectivity index (χ3v) is 4.56. The van der Waals surface area contributed by atoms with Gasteiger partial charge in [-0.25, -0.2) is 9.67 Å². The highest BCUT2D eigenvalue weighted by Crippen LogP contribution is 2.31. The van der Waals surface area contributed by atoms with Gasteiger partial charge >= 0.3 is 0 Å². The molecule has 2 heterocycles. The fourth-order valence-corrected chi connectivity index (χ4v) is 3.11. The molecule has 0 amide bonds. The second-order valence-corrected chi connectivity index (χ2v) is 6.12. The van der Waals surface area contributed by atoms with Crippen LogP contribution in [-0.4, -0.2) is 14.8 Å². The lowest BCUT2D eigenvalue weighted by atomic mass is 10.2. The van der Waals surface area contributed by atoms with E-state index in [4.69, 9.17) is 17.3 Å². The first-order valence-corrected chi connectivity index (χ1v) is 7.05. The Balaban J connectivity index is 2.29. The molecule has 1 aromatic carbocycles. The predicted octanol–water partition coefficient (Wildman–Crippen LogP) is 3.64. The van der Waals surface area contributed by atoms with Gasteiger partial charge in [-0.2, -0.15) is 5.10 Å². The van der Waals surface area contributed by atoms with Crippen molar-refractivity contribution >= 4 is 38.8 Å². The monoisotopic (exact) mass is 292 g/mol. The van der Waals surface area contributed by atoms with Crippen LogP contribution in [0.1, 0.15) is 16.4 Å². The highest BCUT2D eigenvalue weighted by Gasteiger charge is 2.14. The summed E-state index contributed by atoms with van der Waals surface area (Å²) in [4.78, 5) is 4.49. The number of rotatable bonds is 1. The third-order valence-electron chi connectivity index (χ3n) is 3.08. The van der Waals surface area contributed by atoms with Gasteiger partial charge in [-0.15, -0.1) is 11.3 Å². The number of nitrogen functional groups attached to an aromatic ring is 1. The van der Waals surface area contributed by atoms with Crippen molar-refractivity contribution in [2.75, 3.05) is 5.73 Å². The quantitative estimate of drug-likeness (QED) is 0.697. The SMILES string of the molecule is Cc1nc2cc(-n3nc(C)c(Cl)c3C)c(N)cc2s1. The molecule has 19 heavy (non-hydrogen) atoms. The van der Waals surface area contributed by atoms with E-state index in [0.29, 0.717) is 10.7 Å². The largest absolute Gasteiger partial charge is 0.397 e. The van der Waals surface area contributed by atoms with E-state index in [0.717, 1.165) is 32.3 Å². The summed E-state index contributed by atoms with van der Waals surface area (Å²) < 4.78 is 2.87. The van der Waals surface area contributed by atoms with E-state index in [9.17, 15) is 0 Å². The van der Waals surface area contributed by atoms with Crippen molar-refractivity contribution in [3.8, 4) is 5.69 Å². The maximum Gasteiger partial charge on any atom is 0.0907 e. The molecule has 2 aromatic heterocycles. The summed E-state index contributed by atoms with van der Waals surface area (Å²) in [5.74, 6) is 0. The van der Waals surface area contributed by atoms with E-state index < -0.39 is 0 Å². The molecule has 98 valence electrons. The maximum absolute atomic E-state index is 6.19. The number of nitrogens with zero attached hydrogens (tertiary/aromatic N) is 3. The highest BCUT2D eigenvalue weighted by molar-refractivity contribution is 7.18. The van der Waals surface area contributed by atoms with Crippen LogP contribution < -0.4 is 5.73 Å². The number of hydrogen-bond donors (Lipinski definition) is 1. The molecule has 0 radical (unpaired) electrons. The van der Waals surface area contributed by atoms with E-state index >= 15 is 0 Å². The number of fused-ring (bicyclic) bond motifs is 1. The molecule has 3 aromatic rings. The minimum atomic E-state index is 0.675. The summed E-state index contributed by atoms with van der Waals surface area (Å²) in [5.41, 5.74) is 10.3. The zero-order chi connectivity index (χ0) is 13.7. The Bertz CT molecular complexity index is 788. The highest BCUT2D eigenvalue weighted by atomic mass is 35.5. The third kappa shape index (κ3) is 1.89. The van der Waals surface area contributed by atoms with Crippen molar-refractivity contribution in [3.05, 3.63) is 33.6 Å². The molecule has 2 N–H and O–H groups in total. The van der Waals surface area contributed by atoms with Gasteiger partial charge in [0, 0.05) is 0 Å². The average Bonchev–Trinajstić information content (AvgIpc) is 2.82. The zero-order valence-corrected chi connectivity index (χ0v) is 12.4. The molecule has 6 heteroatoms. The number of thiazole rings is 1. The van der Waals surface area contributed by atoms with Crippen LogP contribution in [-0.2, 0) is 0 Å². The summed E-state index contributed by atoms with van der Waals surface area (Å²) in [7, 11) is 0. The summed E-state index contributed by atoms with van der Waals surface area (Å²) in [6, 6.07) is 3.91. The lowest BCUT2D eigenvalue weighted by Gasteiger charge is -2.07. The number of anilines is 1. The van der Waals surface area contributed by atoms with Gasteiger partial charge in [-0.3, -0.25) is 0 Å². The molecule has 4 nitrogen and oxygen atoms in total. The molecule has 0 saturated heterocycles. The number of halogens is 1. The molecular formula is C13H13ClN4S. The van der Waals surface area contributed by atoms with Crippen molar-refractivity contribution in [1.29, 1.82) is 0 Å². The molecule has 0 unspecified atom stereocenters. The van der Waals surface area contributed by atoms with Crippen LogP contribution in [0, 0.1) is 20.8 Å². The Morgan fingerprint density at radius 1 is 1.26 bits per heavy atom. The first-order chi connectivity index (χ1) is 8.97. The lowest BCUT2D eigenvalue weighted by molar-refractivity contribution is 0.836. The van der Waals surface area contributed by atoms with E-state index in [1.54, 1.807) is 16.0 Å². The Hall–Kier alpha value is -1.59. The molecule has 0 saturated carbocycles. The van der Waals surface area contributed by atoms with Gasteiger partial charge in [0.2, 0.25) is 0 Å². The topological polar surface area (TPSA) is 56.7 Å². The van der Waals surface area contributed by atoms with E-state index in [1.165, 1.54) is 0 Å². The van der Waals surface area contributed by atoms with Crippen molar-refractivity contribution in [3.63, 3.8) is 0 Å². The van der Waals surface area contributed by atoms with Crippen LogP contribution in [0.25, 0.3) is 15.9 Å². The van der Waals surface area contributed by atoms with Gasteiger partial charge in [0.05, 0.1) is 43.0 Å².